The van der Waals surface area contributed by atoms with Crippen LogP contribution in [0.5, 0.6) is 11.5 Å². The van der Waals surface area contributed by atoms with Crippen molar-refractivity contribution in [2.24, 2.45) is 7.05 Å². The molecule has 2 aromatic carbocycles. The summed E-state index contributed by atoms with van der Waals surface area (Å²) in [5.74, 6) is 2.08. The maximum Gasteiger partial charge on any atom is 0.233 e. The molecule has 0 unspecified atom stereocenters. The van der Waals surface area contributed by atoms with Gasteiger partial charge in [-0.1, -0.05) is 42.1 Å². The normalized spacial score (nSPS) is 11.7. The van der Waals surface area contributed by atoms with Gasteiger partial charge in [0.25, 0.3) is 0 Å². The highest BCUT2D eigenvalue weighted by atomic mass is 32.2. The maximum atomic E-state index is 12.6. The van der Waals surface area contributed by atoms with Crippen molar-refractivity contribution in [2.75, 3.05) is 14.2 Å². The molecule has 1 atom stereocenters. The summed E-state index contributed by atoms with van der Waals surface area (Å²) in [7, 11) is 5.12. The number of ether oxygens (including phenoxy) is 2. The lowest BCUT2D eigenvalue weighted by atomic mass is 10.2. The second-order valence-electron chi connectivity index (χ2n) is 6.36. The Morgan fingerprint density at radius 2 is 1.72 bits per heavy atom. The van der Waals surface area contributed by atoms with Crippen LogP contribution in [0.2, 0.25) is 0 Å². The van der Waals surface area contributed by atoms with Crippen LogP contribution >= 0.6 is 11.8 Å². The number of nitrogens with one attached hydrogen (secondary N) is 1. The fraction of sp³-hybridized carbons (Fsp3) is 0.286. The number of para-hydroxylation sites is 2. The number of aromatic nitrogens is 3. The largest absolute Gasteiger partial charge is 0.496 e. The lowest BCUT2D eigenvalue weighted by Gasteiger charge is -2.13. The first-order chi connectivity index (χ1) is 14.0. The highest BCUT2D eigenvalue weighted by Gasteiger charge is 2.20. The third kappa shape index (κ3) is 4.71. The van der Waals surface area contributed by atoms with Crippen molar-refractivity contribution < 1.29 is 14.3 Å². The van der Waals surface area contributed by atoms with Crippen molar-refractivity contribution in [3.05, 3.63) is 54.1 Å². The van der Waals surface area contributed by atoms with Gasteiger partial charge in [-0.2, -0.15) is 0 Å². The van der Waals surface area contributed by atoms with Crippen LogP contribution in [0.1, 0.15) is 12.5 Å². The number of rotatable bonds is 8. The fourth-order valence-electron chi connectivity index (χ4n) is 2.87. The molecule has 8 heteroatoms. The molecule has 0 saturated carbocycles. The van der Waals surface area contributed by atoms with E-state index in [1.807, 2.05) is 67.1 Å². The minimum absolute atomic E-state index is 0.0808. The van der Waals surface area contributed by atoms with E-state index in [0.717, 1.165) is 22.6 Å². The molecule has 0 saturated heterocycles. The average Bonchev–Trinajstić information content (AvgIpc) is 3.11. The smallest absolute Gasteiger partial charge is 0.233 e. The molecule has 1 N–H and O–H groups in total. The van der Waals surface area contributed by atoms with Crippen LogP contribution in [-0.4, -0.2) is 40.1 Å². The van der Waals surface area contributed by atoms with Crippen molar-refractivity contribution in [3.8, 4) is 22.9 Å². The van der Waals surface area contributed by atoms with Crippen LogP contribution in [0, 0.1) is 0 Å². The SMILES string of the molecule is COc1ccccc1CNC(=O)[C@H](C)Sc1nnc(-c2ccccc2OC)n1C. The van der Waals surface area contributed by atoms with Gasteiger partial charge in [0, 0.05) is 19.2 Å². The molecule has 0 bridgehead atoms. The molecular formula is C21H24N4O3S. The number of carbonyl (C=O) groups is 1. The Morgan fingerprint density at radius 3 is 2.45 bits per heavy atom. The van der Waals surface area contributed by atoms with E-state index in [9.17, 15) is 4.79 Å². The van der Waals surface area contributed by atoms with Crippen LogP contribution in [0.15, 0.2) is 53.7 Å². The Bertz CT molecular complexity index is 990. The van der Waals surface area contributed by atoms with Gasteiger partial charge in [0.2, 0.25) is 5.91 Å². The summed E-state index contributed by atoms with van der Waals surface area (Å²) in [5.41, 5.74) is 1.78. The van der Waals surface area contributed by atoms with Gasteiger partial charge in [0.05, 0.1) is 25.0 Å². The second kappa shape index (κ2) is 9.47. The summed E-state index contributed by atoms with van der Waals surface area (Å²) in [4.78, 5) is 12.6. The Morgan fingerprint density at radius 1 is 1.07 bits per heavy atom. The van der Waals surface area contributed by atoms with Gasteiger partial charge in [-0.3, -0.25) is 4.79 Å². The Balaban J connectivity index is 1.67. The molecule has 0 aliphatic heterocycles. The van der Waals surface area contributed by atoms with Gasteiger partial charge in [0.1, 0.15) is 11.5 Å². The topological polar surface area (TPSA) is 78.3 Å². The number of benzene rings is 2. The molecule has 1 amide bonds. The average molecular weight is 413 g/mol. The Hall–Kier alpha value is -3.00. The van der Waals surface area contributed by atoms with E-state index in [0.29, 0.717) is 17.5 Å². The molecule has 3 aromatic rings. The zero-order valence-electron chi connectivity index (χ0n) is 16.9. The Labute approximate surface area is 174 Å². The predicted octanol–water partition coefficient (Wildman–Crippen LogP) is 3.30. The molecule has 7 nitrogen and oxygen atoms in total. The van der Waals surface area contributed by atoms with Crippen LogP contribution in [0.4, 0.5) is 0 Å². The van der Waals surface area contributed by atoms with Crippen molar-refractivity contribution in [1.29, 1.82) is 0 Å². The van der Waals surface area contributed by atoms with Crippen molar-refractivity contribution in [1.82, 2.24) is 20.1 Å². The first-order valence-electron chi connectivity index (χ1n) is 9.14. The van der Waals surface area contributed by atoms with Gasteiger partial charge in [-0.25, -0.2) is 0 Å². The summed E-state index contributed by atoms with van der Waals surface area (Å²) >= 11 is 1.36. The molecule has 0 spiro atoms. The molecule has 29 heavy (non-hydrogen) atoms. The first-order valence-corrected chi connectivity index (χ1v) is 10.0. The lowest BCUT2D eigenvalue weighted by Crippen LogP contribution is -2.30. The molecule has 0 aliphatic rings. The highest BCUT2D eigenvalue weighted by Crippen LogP contribution is 2.31. The summed E-state index contributed by atoms with van der Waals surface area (Å²) in [6.07, 6.45) is 0. The van der Waals surface area contributed by atoms with Gasteiger partial charge in [-0.15, -0.1) is 10.2 Å². The Kier molecular flexibility index (Phi) is 6.77. The van der Waals surface area contributed by atoms with E-state index < -0.39 is 0 Å². The van der Waals surface area contributed by atoms with Crippen molar-refractivity contribution in [2.45, 2.75) is 23.9 Å². The number of thioether (sulfide) groups is 1. The van der Waals surface area contributed by atoms with Gasteiger partial charge >= 0.3 is 0 Å². The summed E-state index contributed by atoms with van der Waals surface area (Å²) in [6, 6.07) is 15.3. The summed E-state index contributed by atoms with van der Waals surface area (Å²) in [5, 5.41) is 11.8. The molecule has 1 aromatic heterocycles. The lowest BCUT2D eigenvalue weighted by molar-refractivity contribution is -0.120. The van der Waals surface area contributed by atoms with Crippen molar-refractivity contribution >= 4 is 17.7 Å². The summed E-state index contributed by atoms with van der Waals surface area (Å²) < 4.78 is 12.6. The molecule has 0 fully saturated rings. The number of hydrogen-bond donors (Lipinski definition) is 1. The quantitative estimate of drug-likeness (QED) is 0.572. The minimum Gasteiger partial charge on any atom is -0.496 e. The zero-order valence-corrected chi connectivity index (χ0v) is 17.7. The zero-order chi connectivity index (χ0) is 20.8. The van der Waals surface area contributed by atoms with E-state index in [-0.39, 0.29) is 11.2 Å². The number of hydrogen-bond acceptors (Lipinski definition) is 6. The van der Waals surface area contributed by atoms with E-state index in [4.69, 9.17) is 9.47 Å². The van der Waals surface area contributed by atoms with E-state index in [1.54, 1.807) is 14.2 Å². The minimum atomic E-state index is -0.335. The molecule has 0 radical (unpaired) electrons. The van der Waals surface area contributed by atoms with Crippen LogP contribution in [-0.2, 0) is 18.4 Å². The fourth-order valence-corrected chi connectivity index (χ4v) is 3.71. The highest BCUT2D eigenvalue weighted by molar-refractivity contribution is 8.00. The van der Waals surface area contributed by atoms with Crippen LogP contribution in [0.25, 0.3) is 11.4 Å². The van der Waals surface area contributed by atoms with E-state index in [1.165, 1.54) is 11.8 Å². The third-order valence-corrected chi connectivity index (χ3v) is 5.61. The van der Waals surface area contributed by atoms with Crippen LogP contribution < -0.4 is 14.8 Å². The van der Waals surface area contributed by atoms with Crippen LogP contribution in [0.3, 0.4) is 0 Å². The number of carbonyl (C=O) groups excluding carboxylic acids is 1. The number of nitrogens with zero attached hydrogens (tertiary/aromatic N) is 3. The standard InChI is InChI=1S/C21H24N4O3S/c1-14(20(26)22-13-15-9-5-7-11-17(15)27-3)29-21-24-23-19(25(21)2)16-10-6-8-12-18(16)28-4/h5-12,14H,13H2,1-4H3,(H,22,26)/t14-/m0/s1. The molecule has 0 aliphatic carbocycles. The molecule has 3 rings (SSSR count). The number of methoxy groups -OCH3 is 2. The second-order valence-corrected chi connectivity index (χ2v) is 7.66. The molecule has 1 heterocycles. The third-order valence-electron chi connectivity index (χ3n) is 4.48. The molecular weight excluding hydrogens is 388 g/mol. The summed E-state index contributed by atoms with van der Waals surface area (Å²) in [6.45, 7) is 2.25. The monoisotopic (exact) mass is 412 g/mol. The van der Waals surface area contributed by atoms with Crippen molar-refractivity contribution in [3.63, 3.8) is 0 Å². The number of amides is 1. The predicted molar refractivity (Wildman–Crippen MR) is 113 cm³/mol. The van der Waals surface area contributed by atoms with Gasteiger partial charge in [0.15, 0.2) is 11.0 Å². The van der Waals surface area contributed by atoms with Gasteiger partial charge < -0.3 is 19.4 Å². The molecule has 152 valence electrons. The van der Waals surface area contributed by atoms with Gasteiger partial charge in [-0.05, 0) is 25.1 Å². The van der Waals surface area contributed by atoms with E-state index in [2.05, 4.69) is 15.5 Å². The van der Waals surface area contributed by atoms with E-state index >= 15 is 0 Å². The maximum absolute atomic E-state index is 12.6. The first kappa shape index (κ1) is 20.7.